The lowest BCUT2D eigenvalue weighted by Crippen LogP contribution is -2.29. The van der Waals surface area contributed by atoms with E-state index in [2.05, 4.69) is 4.98 Å². The number of carbonyl (C=O) groups excluding carboxylic acids is 1. The highest BCUT2D eigenvalue weighted by atomic mass is 16.5. The average molecular weight is 351 g/mol. The molecule has 0 saturated heterocycles. The first-order valence-corrected chi connectivity index (χ1v) is 7.88. The number of ether oxygens (including phenoxy) is 2. The van der Waals surface area contributed by atoms with Gasteiger partial charge in [0.1, 0.15) is 17.4 Å². The number of aryl methyl sites for hydroxylation is 1. The fourth-order valence-electron chi connectivity index (χ4n) is 3.18. The maximum Gasteiger partial charge on any atom is 0.338 e. The van der Waals surface area contributed by atoms with Crippen molar-refractivity contribution in [2.75, 3.05) is 7.11 Å². The van der Waals surface area contributed by atoms with Crippen molar-refractivity contribution in [2.45, 2.75) is 19.8 Å². The fraction of sp³-hybridized carbons (Fsp3) is 0.211. The monoisotopic (exact) mass is 351 g/mol. The molecule has 0 fully saturated rings. The van der Waals surface area contributed by atoms with E-state index in [4.69, 9.17) is 15.2 Å². The molecule has 7 heteroatoms. The van der Waals surface area contributed by atoms with Crippen molar-refractivity contribution in [2.24, 2.45) is 5.73 Å². The number of rotatable bonds is 2. The second-order valence-corrected chi connectivity index (χ2v) is 5.98. The van der Waals surface area contributed by atoms with E-state index in [0.29, 0.717) is 5.52 Å². The number of methoxy groups -OCH3 is 1. The van der Waals surface area contributed by atoms with Crippen LogP contribution < -0.4 is 11.3 Å². The number of benzene rings is 1. The molecule has 1 aromatic heterocycles. The summed E-state index contributed by atoms with van der Waals surface area (Å²) in [5.74, 6) is -1.58. The number of aromatic amines is 1. The molecule has 26 heavy (non-hydrogen) atoms. The van der Waals surface area contributed by atoms with Crippen LogP contribution in [0.1, 0.15) is 24.0 Å². The molecule has 0 aliphatic carbocycles. The predicted molar refractivity (Wildman–Crippen MR) is 94.7 cm³/mol. The summed E-state index contributed by atoms with van der Waals surface area (Å²) in [7, 11) is 1.22. The minimum absolute atomic E-state index is 0.00602. The Bertz CT molecular complexity index is 1090. The first-order valence-electron chi connectivity index (χ1n) is 7.88. The normalized spacial score (nSPS) is 17.1. The van der Waals surface area contributed by atoms with Crippen LogP contribution in [0.2, 0.25) is 0 Å². The van der Waals surface area contributed by atoms with Crippen molar-refractivity contribution in [1.82, 2.24) is 4.98 Å². The topological polar surface area (TPSA) is 118 Å². The number of carbonyl (C=O) groups is 1. The molecule has 1 aromatic carbocycles. The zero-order valence-corrected chi connectivity index (χ0v) is 14.5. The maximum atomic E-state index is 12.8. The summed E-state index contributed by atoms with van der Waals surface area (Å²) < 4.78 is 10.1. The van der Waals surface area contributed by atoms with Gasteiger partial charge in [-0.3, -0.25) is 4.79 Å². The van der Waals surface area contributed by atoms with Crippen LogP contribution in [0, 0.1) is 18.3 Å². The van der Waals surface area contributed by atoms with E-state index in [1.807, 2.05) is 31.2 Å². The van der Waals surface area contributed by atoms with E-state index >= 15 is 0 Å². The van der Waals surface area contributed by atoms with Crippen LogP contribution in [0.5, 0.6) is 0 Å². The summed E-state index contributed by atoms with van der Waals surface area (Å²) in [6, 6.07) is 9.21. The molecule has 0 spiro atoms. The molecule has 2 heterocycles. The van der Waals surface area contributed by atoms with Gasteiger partial charge in [0.2, 0.25) is 5.88 Å². The quantitative estimate of drug-likeness (QED) is 0.800. The zero-order chi connectivity index (χ0) is 19.0. The Morgan fingerprint density at radius 1 is 1.38 bits per heavy atom. The minimum atomic E-state index is -0.963. The molecule has 0 bridgehead atoms. The van der Waals surface area contributed by atoms with Gasteiger partial charge < -0.3 is 20.2 Å². The van der Waals surface area contributed by atoms with Crippen LogP contribution in [-0.2, 0) is 14.3 Å². The molecule has 132 valence electrons. The summed E-state index contributed by atoms with van der Waals surface area (Å²) in [5.41, 5.74) is 7.34. The molecule has 7 nitrogen and oxygen atoms in total. The van der Waals surface area contributed by atoms with Crippen LogP contribution in [0.3, 0.4) is 0 Å². The van der Waals surface area contributed by atoms with E-state index in [0.717, 1.165) is 10.9 Å². The number of fused-ring (bicyclic) bond motifs is 1. The standard InChI is InChI=1S/C19H17N3O4/c1-9-5-4-6-11-7-12(18(23)22-16(9)11)15-13(8-20)17(21)26-10(2)14(15)19(24)25-3/h4-7,15H,21H2,1-3H3,(H,22,23). The molecule has 3 rings (SSSR count). The summed E-state index contributed by atoms with van der Waals surface area (Å²) in [5, 5.41) is 10.3. The van der Waals surface area contributed by atoms with E-state index < -0.39 is 17.4 Å². The number of H-pyrrole nitrogens is 1. The first kappa shape index (κ1) is 17.3. The van der Waals surface area contributed by atoms with Gasteiger partial charge in [0.15, 0.2) is 0 Å². The van der Waals surface area contributed by atoms with Gasteiger partial charge >= 0.3 is 5.97 Å². The Kier molecular flexibility index (Phi) is 4.26. The molecular weight excluding hydrogens is 334 g/mol. The number of nitrogens with zero attached hydrogens (tertiary/aromatic N) is 1. The number of aromatic nitrogens is 1. The molecule has 1 atom stereocenters. The highest BCUT2D eigenvalue weighted by molar-refractivity contribution is 5.93. The van der Waals surface area contributed by atoms with Gasteiger partial charge in [-0.25, -0.2) is 4.79 Å². The average Bonchev–Trinajstić information content (AvgIpc) is 2.61. The molecule has 1 unspecified atom stereocenters. The molecule has 0 radical (unpaired) electrons. The summed E-state index contributed by atoms with van der Waals surface area (Å²) in [6.07, 6.45) is 0. The second-order valence-electron chi connectivity index (χ2n) is 5.98. The van der Waals surface area contributed by atoms with Crippen molar-refractivity contribution >= 4 is 16.9 Å². The number of pyridine rings is 1. The van der Waals surface area contributed by atoms with Gasteiger partial charge in [0.05, 0.1) is 24.1 Å². The first-order chi connectivity index (χ1) is 12.4. The van der Waals surface area contributed by atoms with Gasteiger partial charge in [-0.2, -0.15) is 5.26 Å². The van der Waals surface area contributed by atoms with Crippen LogP contribution >= 0.6 is 0 Å². The number of nitrogens with one attached hydrogen (secondary N) is 1. The van der Waals surface area contributed by atoms with Gasteiger partial charge in [-0.1, -0.05) is 18.2 Å². The molecular formula is C19H17N3O4. The number of esters is 1. The molecule has 1 aliphatic rings. The molecule has 0 saturated carbocycles. The van der Waals surface area contributed by atoms with E-state index in [9.17, 15) is 14.9 Å². The third kappa shape index (κ3) is 2.62. The maximum absolute atomic E-state index is 12.8. The SMILES string of the molecule is COC(=O)C1=C(C)OC(N)=C(C#N)C1c1cc2cccc(C)c2[nH]c1=O. The molecule has 0 amide bonds. The second kappa shape index (κ2) is 6.41. The number of hydrogen-bond acceptors (Lipinski definition) is 6. The van der Waals surface area contributed by atoms with Crippen LogP contribution in [-0.4, -0.2) is 18.1 Å². The number of nitrogens with two attached hydrogens (primary N) is 1. The predicted octanol–water partition coefficient (Wildman–Crippen LogP) is 2.09. The van der Waals surface area contributed by atoms with E-state index in [-0.39, 0.29) is 28.4 Å². The summed E-state index contributed by atoms with van der Waals surface area (Å²) in [4.78, 5) is 27.9. The Morgan fingerprint density at radius 3 is 2.77 bits per heavy atom. The van der Waals surface area contributed by atoms with Crippen molar-refractivity contribution in [3.63, 3.8) is 0 Å². The highest BCUT2D eigenvalue weighted by Crippen LogP contribution is 2.38. The van der Waals surface area contributed by atoms with Gasteiger partial charge in [-0.05, 0) is 30.9 Å². The van der Waals surface area contributed by atoms with E-state index in [1.165, 1.54) is 7.11 Å². The Morgan fingerprint density at radius 2 is 2.12 bits per heavy atom. The molecule has 3 N–H and O–H groups in total. The summed E-state index contributed by atoms with van der Waals surface area (Å²) >= 11 is 0. The Labute approximate surface area is 149 Å². The number of para-hydroxylation sites is 1. The van der Waals surface area contributed by atoms with Crippen molar-refractivity contribution in [1.29, 1.82) is 5.26 Å². The van der Waals surface area contributed by atoms with Gasteiger partial charge in [-0.15, -0.1) is 0 Å². The van der Waals surface area contributed by atoms with Crippen LogP contribution in [0.25, 0.3) is 10.9 Å². The third-order valence-electron chi connectivity index (χ3n) is 4.44. The van der Waals surface area contributed by atoms with Crippen molar-refractivity contribution in [3.05, 3.63) is 68.5 Å². The molecule has 2 aromatic rings. The zero-order valence-electron chi connectivity index (χ0n) is 14.5. The van der Waals surface area contributed by atoms with Crippen LogP contribution in [0.4, 0.5) is 0 Å². The lowest BCUT2D eigenvalue weighted by Gasteiger charge is -2.26. The molecule has 1 aliphatic heterocycles. The van der Waals surface area contributed by atoms with Gasteiger partial charge in [0, 0.05) is 5.56 Å². The highest BCUT2D eigenvalue weighted by Gasteiger charge is 2.37. The third-order valence-corrected chi connectivity index (χ3v) is 4.44. The van der Waals surface area contributed by atoms with Crippen LogP contribution in [0.15, 0.2) is 51.8 Å². The minimum Gasteiger partial charge on any atom is -0.466 e. The van der Waals surface area contributed by atoms with Gasteiger partial charge in [0.25, 0.3) is 5.56 Å². The van der Waals surface area contributed by atoms with Crippen molar-refractivity contribution < 1.29 is 14.3 Å². The van der Waals surface area contributed by atoms with E-state index in [1.54, 1.807) is 13.0 Å². The fourth-order valence-corrected chi connectivity index (χ4v) is 3.18. The van der Waals surface area contributed by atoms with Crippen molar-refractivity contribution in [3.8, 4) is 6.07 Å². The Hall–Kier alpha value is -3.53. The smallest absolute Gasteiger partial charge is 0.338 e. The number of hydrogen-bond donors (Lipinski definition) is 2. The number of nitriles is 1. The lowest BCUT2D eigenvalue weighted by atomic mass is 9.83. The Balaban J connectivity index is 2.34. The summed E-state index contributed by atoms with van der Waals surface area (Å²) in [6.45, 7) is 3.43. The number of allylic oxidation sites excluding steroid dienone is 2. The largest absolute Gasteiger partial charge is 0.466 e. The lowest BCUT2D eigenvalue weighted by molar-refractivity contribution is -0.136.